The monoisotopic (exact) mass is 303 g/mol. The largest absolute Gasteiger partial charge is 0.347 e. The van der Waals surface area contributed by atoms with E-state index in [0.717, 1.165) is 24.4 Å². The van der Waals surface area contributed by atoms with Crippen molar-refractivity contribution in [2.45, 2.75) is 25.8 Å². The minimum Gasteiger partial charge on any atom is -0.347 e. The van der Waals surface area contributed by atoms with Crippen molar-refractivity contribution in [1.29, 1.82) is 0 Å². The number of thioether (sulfide) groups is 1. The van der Waals surface area contributed by atoms with Crippen LogP contribution in [0.5, 0.6) is 0 Å². The zero-order chi connectivity index (χ0) is 14.9. The summed E-state index contributed by atoms with van der Waals surface area (Å²) in [5.74, 6) is 2.33. The zero-order valence-electron chi connectivity index (χ0n) is 12.2. The number of benzene rings is 1. The predicted molar refractivity (Wildman–Crippen MR) is 87.2 cm³/mol. The maximum atomic E-state index is 11.9. The lowest BCUT2D eigenvalue weighted by atomic mass is 10.2. The second kappa shape index (κ2) is 8.52. The Morgan fingerprint density at radius 3 is 2.86 bits per heavy atom. The van der Waals surface area contributed by atoms with Gasteiger partial charge in [-0.15, -0.1) is 0 Å². The van der Waals surface area contributed by atoms with E-state index < -0.39 is 0 Å². The molecular weight excluding hydrogens is 282 g/mol. The molecule has 21 heavy (non-hydrogen) atoms. The third-order valence-electron chi connectivity index (χ3n) is 3.20. The second-order valence-corrected chi connectivity index (χ2v) is 5.90. The van der Waals surface area contributed by atoms with Gasteiger partial charge < -0.3 is 10.3 Å². The van der Waals surface area contributed by atoms with Gasteiger partial charge in [0, 0.05) is 12.4 Å². The van der Waals surface area contributed by atoms with E-state index >= 15 is 0 Å². The summed E-state index contributed by atoms with van der Waals surface area (Å²) in [6, 6.07) is 10.3. The van der Waals surface area contributed by atoms with Gasteiger partial charge in [-0.1, -0.05) is 37.3 Å². The van der Waals surface area contributed by atoms with E-state index in [0.29, 0.717) is 5.75 Å². The number of amides is 1. The Morgan fingerprint density at radius 2 is 2.19 bits per heavy atom. The predicted octanol–water partition coefficient (Wildman–Crippen LogP) is 2.95. The first-order valence-electron chi connectivity index (χ1n) is 7.20. The molecule has 0 radical (unpaired) electrons. The molecule has 2 aromatic rings. The third-order valence-corrected chi connectivity index (χ3v) is 4.16. The fourth-order valence-electron chi connectivity index (χ4n) is 2.07. The van der Waals surface area contributed by atoms with E-state index in [9.17, 15) is 4.79 Å². The summed E-state index contributed by atoms with van der Waals surface area (Å²) in [6.07, 6.45) is 5.31. The van der Waals surface area contributed by atoms with Gasteiger partial charge in [0.15, 0.2) is 0 Å². The number of carbonyl (C=O) groups excluding carboxylic acids is 1. The quantitative estimate of drug-likeness (QED) is 0.737. The van der Waals surface area contributed by atoms with E-state index in [1.165, 1.54) is 5.56 Å². The Morgan fingerprint density at radius 1 is 1.38 bits per heavy atom. The summed E-state index contributed by atoms with van der Waals surface area (Å²) < 4.78 is 0. The lowest BCUT2D eigenvalue weighted by Gasteiger charge is -2.14. The highest BCUT2D eigenvalue weighted by atomic mass is 32.2. The molecule has 0 bridgehead atoms. The van der Waals surface area contributed by atoms with Gasteiger partial charge in [0.05, 0.1) is 11.8 Å². The number of H-pyrrole nitrogens is 1. The van der Waals surface area contributed by atoms with Crippen LogP contribution >= 0.6 is 11.8 Å². The molecule has 5 heteroatoms. The van der Waals surface area contributed by atoms with Crippen molar-refractivity contribution in [3.05, 3.63) is 54.1 Å². The number of nitrogens with zero attached hydrogens (tertiary/aromatic N) is 1. The zero-order valence-corrected chi connectivity index (χ0v) is 13.0. The van der Waals surface area contributed by atoms with Crippen molar-refractivity contribution in [2.24, 2.45) is 0 Å². The molecule has 1 amide bonds. The van der Waals surface area contributed by atoms with Crippen LogP contribution in [-0.4, -0.2) is 27.4 Å². The molecule has 0 fully saturated rings. The maximum Gasteiger partial charge on any atom is 0.230 e. The number of aromatic amines is 1. The first-order valence-corrected chi connectivity index (χ1v) is 8.35. The van der Waals surface area contributed by atoms with Crippen molar-refractivity contribution in [3.63, 3.8) is 0 Å². The Kier molecular flexibility index (Phi) is 6.34. The van der Waals surface area contributed by atoms with E-state index in [4.69, 9.17) is 0 Å². The van der Waals surface area contributed by atoms with E-state index in [2.05, 4.69) is 27.4 Å². The summed E-state index contributed by atoms with van der Waals surface area (Å²) in [4.78, 5) is 19.2. The van der Waals surface area contributed by atoms with Crippen molar-refractivity contribution < 1.29 is 4.79 Å². The summed E-state index contributed by atoms with van der Waals surface area (Å²) in [5.41, 5.74) is 1.31. The highest BCUT2D eigenvalue weighted by molar-refractivity contribution is 7.99. The van der Waals surface area contributed by atoms with Crippen molar-refractivity contribution in [1.82, 2.24) is 15.3 Å². The second-order valence-electron chi connectivity index (χ2n) is 4.79. The van der Waals surface area contributed by atoms with Gasteiger partial charge >= 0.3 is 0 Å². The molecule has 2 rings (SSSR count). The molecule has 2 N–H and O–H groups in total. The Balaban J connectivity index is 1.67. The number of rotatable bonds is 8. The van der Waals surface area contributed by atoms with E-state index in [1.54, 1.807) is 24.2 Å². The van der Waals surface area contributed by atoms with E-state index in [-0.39, 0.29) is 11.9 Å². The van der Waals surface area contributed by atoms with Crippen LogP contribution in [0.15, 0.2) is 42.7 Å². The molecule has 1 heterocycles. The molecule has 0 aliphatic heterocycles. The van der Waals surface area contributed by atoms with Crippen LogP contribution in [-0.2, 0) is 11.2 Å². The van der Waals surface area contributed by atoms with Crippen LogP contribution in [0.1, 0.15) is 30.8 Å². The molecule has 4 nitrogen and oxygen atoms in total. The molecule has 1 aromatic carbocycles. The first kappa shape index (κ1) is 15.6. The van der Waals surface area contributed by atoms with Gasteiger partial charge in [0.25, 0.3) is 0 Å². The minimum absolute atomic E-state index is 0.0257. The fourth-order valence-corrected chi connectivity index (χ4v) is 2.86. The Bertz CT molecular complexity index is 528. The van der Waals surface area contributed by atoms with Crippen molar-refractivity contribution in [2.75, 3.05) is 11.5 Å². The summed E-state index contributed by atoms with van der Waals surface area (Å²) in [5, 5.41) is 3.01. The number of nitrogens with one attached hydrogen (secondary N) is 2. The first-order chi connectivity index (χ1) is 10.3. The fraction of sp³-hybridized carbons (Fsp3) is 0.375. The van der Waals surface area contributed by atoms with Crippen molar-refractivity contribution >= 4 is 17.7 Å². The number of aromatic nitrogens is 2. The molecule has 0 aliphatic rings. The molecule has 0 saturated heterocycles. The Hall–Kier alpha value is -1.75. The van der Waals surface area contributed by atoms with Crippen LogP contribution in [0.4, 0.5) is 0 Å². The number of imidazole rings is 1. The average Bonchev–Trinajstić information content (AvgIpc) is 3.04. The Labute approximate surface area is 129 Å². The molecular formula is C16H21N3OS. The number of hydrogen-bond acceptors (Lipinski definition) is 3. The van der Waals surface area contributed by atoms with Gasteiger partial charge in [0.2, 0.25) is 5.91 Å². The van der Waals surface area contributed by atoms with Crippen LogP contribution in [0.25, 0.3) is 0 Å². The maximum absolute atomic E-state index is 11.9. The molecule has 0 spiro atoms. The van der Waals surface area contributed by atoms with E-state index in [1.807, 2.05) is 25.1 Å². The number of aryl methyl sites for hydroxylation is 1. The van der Waals surface area contributed by atoms with Gasteiger partial charge in [-0.25, -0.2) is 4.98 Å². The smallest absolute Gasteiger partial charge is 0.230 e. The van der Waals surface area contributed by atoms with Gasteiger partial charge in [-0.3, -0.25) is 4.79 Å². The molecule has 0 saturated carbocycles. The minimum atomic E-state index is -0.0257. The highest BCUT2D eigenvalue weighted by Crippen LogP contribution is 2.12. The molecule has 1 atom stereocenters. The van der Waals surface area contributed by atoms with Gasteiger partial charge in [-0.05, 0) is 24.2 Å². The molecule has 112 valence electrons. The molecule has 1 aromatic heterocycles. The van der Waals surface area contributed by atoms with Crippen molar-refractivity contribution in [3.8, 4) is 0 Å². The summed E-state index contributed by atoms with van der Waals surface area (Å²) in [7, 11) is 0. The standard InChI is InChI=1S/C16H21N3OS/c1-2-14(16-17-9-10-18-16)19-15(20)12-21-11-8-13-6-4-3-5-7-13/h3-7,9-10,14H,2,8,11-12H2,1H3,(H,17,18)(H,19,20). The summed E-state index contributed by atoms with van der Waals surface area (Å²) in [6.45, 7) is 2.04. The summed E-state index contributed by atoms with van der Waals surface area (Å²) >= 11 is 1.66. The van der Waals surface area contributed by atoms with Crippen LogP contribution < -0.4 is 5.32 Å². The van der Waals surface area contributed by atoms with Gasteiger partial charge in [-0.2, -0.15) is 11.8 Å². The molecule has 0 aliphatic carbocycles. The topological polar surface area (TPSA) is 57.8 Å². The lowest BCUT2D eigenvalue weighted by molar-refractivity contribution is -0.119. The SMILES string of the molecule is CCC(NC(=O)CSCCc1ccccc1)c1ncc[nH]1. The van der Waals surface area contributed by atoms with Crippen LogP contribution in [0.3, 0.4) is 0 Å². The molecule has 1 unspecified atom stereocenters. The average molecular weight is 303 g/mol. The lowest BCUT2D eigenvalue weighted by Crippen LogP contribution is -2.30. The van der Waals surface area contributed by atoms with Gasteiger partial charge in [0.1, 0.15) is 5.82 Å². The van der Waals surface area contributed by atoms with Crippen LogP contribution in [0.2, 0.25) is 0 Å². The third kappa shape index (κ3) is 5.27. The number of hydrogen-bond donors (Lipinski definition) is 2. The van der Waals surface area contributed by atoms with Crippen LogP contribution in [0, 0.1) is 0 Å². The number of carbonyl (C=O) groups is 1. The normalized spacial score (nSPS) is 12.0. The highest BCUT2D eigenvalue weighted by Gasteiger charge is 2.14.